The van der Waals surface area contributed by atoms with E-state index in [-0.39, 0.29) is 5.56 Å². The highest BCUT2D eigenvalue weighted by molar-refractivity contribution is 6.32. The number of nitrogens with one attached hydrogen (secondary N) is 1. The molecule has 0 atom stereocenters. The van der Waals surface area contributed by atoms with E-state index in [0.29, 0.717) is 34.4 Å². The minimum absolute atomic E-state index is 0.182. The number of carbonyl (C=O) groups is 1. The van der Waals surface area contributed by atoms with E-state index in [1.165, 1.54) is 19.2 Å². The van der Waals surface area contributed by atoms with Gasteiger partial charge in [-0.15, -0.1) is 0 Å². The molecule has 0 aromatic heterocycles. The summed E-state index contributed by atoms with van der Waals surface area (Å²) in [5.41, 5.74) is 4.24. The number of nitrogens with zero attached hydrogens (tertiary/aromatic N) is 1. The molecule has 0 aliphatic heterocycles. The molecule has 2 aromatic rings. The Morgan fingerprint density at radius 3 is 2.83 bits per heavy atom. The molecule has 2 aromatic carbocycles. The average Bonchev–Trinajstić information content (AvgIpc) is 2.55. The minimum Gasteiger partial charge on any atom is -0.491 e. The molecule has 6 nitrogen and oxygen atoms in total. The molecular formula is C17H17ClN2O4. The molecule has 0 fully saturated rings. The zero-order valence-electron chi connectivity index (χ0n) is 13.2. The molecule has 2 N–H and O–H groups in total. The lowest BCUT2D eigenvalue weighted by Gasteiger charge is -2.11. The SMILES string of the molecule is CCOc1cc(/C=N/Nc2cccc(C(=O)O)c2)cc(Cl)c1OC. The number of carboxylic acid groups (broad SMARTS) is 1. The summed E-state index contributed by atoms with van der Waals surface area (Å²) in [6.45, 7) is 2.35. The quantitative estimate of drug-likeness (QED) is 0.586. The van der Waals surface area contributed by atoms with Crippen LogP contribution in [0, 0.1) is 0 Å². The van der Waals surface area contributed by atoms with E-state index in [2.05, 4.69) is 10.5 Å². The van der Waals surface area contributed by atoms with Crippen molar-refractivity contribution < 1.29 is 19.4 Å². The maximum atomic E-state index is 10.9. The van der Waals surface area contributed by atoms with E-state index in [1.54, 1.807) is 30.5 Å². The summed E-state index contributed by atoms with van der Waals surface area (Å²) in [7, 11) is 1.52. The topological polar surface area (TPSA) is 80.2 Å². The molecule has 0 aliphatic carbocycles. The molecule has 126 valence electrons. The number of aromatic carboxylic acids is 1. The summed E-state index contributed by atoms with van der Waals surface area (Å²) in [4.78, 5) is 10.9. The number of halogens is 1. The second-order valence-corrected chi connectivity index (χ2v) is 5.13. The van der Waals surface area contributed by atoms with Crippen molar-refractivity contribution in [1.82, 2.24) is 0 Å². The number of hydrogen-bond acceptors (Lipinski definition) is 5. The Morgan fingerprint density at radius 2 is 2.17 bits per heavy atom. The van der Waals surface area contributed by atoms with Gasteiger partial charge < -0.3 is 14.6 Å². The van der Waals surface area contributed by atoms with E-state index >= 15 is 0 Å². The summed E-state index contributed by atoms with van der Waals surface area (Å²) >= 11 is 6.17. The largest absolute Gasteiger partial charge is 0.491 e. The molecule has 0 radical (unpaired) electrons. The summed E-state index contributed by atoms with van der Waals surface area (Å²) in [6.07, 6.45) is 1.56. The van der Waals surface area contributed by atoms with Gasteiger partial charge in [-0.3, -0.25) is 5.43 Å². The van der Waals surface area contributed by atoms with E-state index in [0.717, 1.165) is 0 Å². The molecule has 0 amide bonds. The smallest absolute Gasteiger partial charge is 0.335 e. The molecule has 0 spiro atoms. The van der Waals surface area contributed by atoms with Crippen molar-refractivity contribution in [2.24, 2.45) is 5.10 Å². The Bertz CT molecular complexity index is 762. The molecule has 7 heteroatoms. The fraction of sp³-hybridized carbons (Fsp3) is 0.176. The van der Waals surface area contributed by atoms with Gasteiger partial charge in [-0.05, 0) is 42.8 Å². The third-order valence-electron chi connectivity index (χ3n) is 3.05. The Balaban J connectivity index is 2.17. The molecule has 0 bridgehead atoms. The second-order valence-electron chi connectivity index (χ2n) is 4.72. The van der Waals surface area contributed by atoms with Gasteiger partial charge in [0.05, 0.1) is 36.2 Å². The number of methoxy groups -OCH3 is 1. The lowest BCUT2D eigenvalue weighted by molar-refractivity contribution is 0.0697. The number of hydrazone groups is 1. The summed E-state index contributed by atoms with van der Waals surface area (Å²) < 4.78 is 10.7. The van der Waals surface area contributed by atoms with E-state index in [9.17, 15) is 4.79 Å². The summed E-state index contributed by atoms with van der Waals surface area (Å²) in [5.74, 6) is 0.00512. The van der Waals surface area contributed by atoms with Crippen LogP contribution < -0.4 is 14.9 Å². The second kappa shape index (κ2) is 8.21. The molecular weight excluding hydrogens is 332 g/mol. The molecule has 0 heterocycles. The van der Waals surface area contributed by atoms with Gasteiger partial charge in [0, 0.05) is 0 Å². The van der Waals surface area contributed by atoms with Gasteiger partial charge in [0.15, 0.2) is 11.5 Å². The van der Waals surface area contributed by atoms with Gasteiger partial charge in [0.1, 0.15) is 0 Å². The number of ether oxygens (including phenoxy) is 2. The Morgan fingerprint density at radius 1 is 1.38 bits per heavy atom. The van der Waals surface area contributed by atoms with Gasteiger partial charge in [-0.1, -0.05) is 17.7 Å². The molecule has 0 unspecified atom stereocenters. The maximum Gasteiger partial charge on any atom is 0.335 e. The zero-order chi connectivity index (χ0) is 17.5. The van der Waals surface area contributed by atoms with E-state index in [1.807, 2.05) is 6.92 Å². The highest BCUT2D eigenvalue weighted by Gasteiger charge is 2.10. The number of benzene rings is 2. The Hall–Kier alpha value is -2.73. The van der Waals surface area contributed by atoms with Crippen LogP contribution in [-0.2, 0) is 0 Å². The normalized spacial score (nSPS) is 10.6. The van der Waals surface area contributed by atoms with Crippen LogP contribution in [0.2, 0.25) is 5.02 Å². The van der Waals surface area contributed by atoms with E-state index in [4.69, 9.17) is 26.2 Å². The third-order valence-corrected chi connectivity index (χ3v) is 3.33. The fourth-order valence-corrected chi connectivity index (χ4v) is 2.32. The van der Waals surface area contributed by atoms with Gasteiger partial charge in [0.2, 0.25) is 0 Å². The molecule has 0 aliphatic rings. The van der Waals surface area contributed by atoms with Crippen LogP contribution in [0.3, 0.4) is 0 Å². The Labute approximate surface area is 144 Å². The molecule has 0 saturated heterocycles. The third kappa shape index (κ3) is 4.39. The van der Waals surface area contributed by atoms with Crippen molar-refractivity contribution in [1.29, 1.82) is 0 Å². The predicted molar refractivity (Wildman–Crippen MR) is 93.8 cm³/mol. The zero-order valence-corrected chi connectivity index (χ0v) is 14.0. The van der Waals surface area contributed by atoms with Crippen molar-refractivity contribution in [3.05, 3.63) is 52.5 Å². The highest BCUT2D eigenvalue weighted by Crippen LogP contribution is 2.35. The van der Waals surface area contributed by atoms with Crippen LogP contribution in [0.15, 0.2) is 41.5 Å². The first-order chi connectivity index (χ1) is 11.5. The molecule has 0 saturated carbocycles. The first-order valence-corrected chi connectivity index (χ1v) is 7.55. The van der Waals surface area contributed by atoms with Crippen LogP contribution >= 0.6 is 11.6 Å². The lowest BCUT2D eigenvalue weighted by atomic mass is 10.2. The average molecular weight is 349 g/mol. The number of anilines is 1. The lowest BCUT2D eigenvalue weighted by Crippen LogP contribution is -1.99. The van der Waals surface area contributed by atoms with Gasteiger partial charge in [-0.2, -0.15) is 5.10 Å². The fourth-order valence-electron chi connectivity index (χ4n) is 2.03. The van der Waals surface area contributed by atoms with Crippen molar-refractivity contribution in [3.63, 3.8) is 0 Å². The van der Waals surface area contributed by atoms with Gasteiger partial charge in [0.25, 0.3) is 0 Å². The first kappa shape index (κ1) is 17.6. The minimum atomic E-state index is -0.995. The van der Waals surface area contributed by atoms with Gasteiger partial charge >= 0.3 is 5.97 Å². The summed E-state index contributed by atoms with van der Waals surface area (Å²) in [5, 5.41) is 13.5. The van der Waals surface area contributed by atoms with Crippen molar-refractivity contribution in [2.75, 3.05) is 19.1 Å². The van der Waals surface area contributed by atoms with Crippen LogP contribution in [0.1, 0.15) is 22.8 Å². The monoisotopic (exact) mass is 348 g/mol. The summed E-state index contributed by atoms with van der Waals surface area (Å²) in [6, 6.07) is 9.81. The molecule has 24 heavy (non-hydrogen) atoms. The standard InChI is InChI=1S/C17H17ClN2O4/c1-3-24-15-8-11(7-14(18)16(15)23-2)10-19-20-13-6-4-5-12(9-13)17(21)22/h4-10,20H,3H2,1-2H3,(H,21,22)/b19-10+. The number of hydrogen-bond donors (Lipinski definition) is 2. The van der Waals surface area contributed by atoms with E-state index < -0.39 is 5.97 Å². The van der Waals surface area contributed by atoms with Crippen LogP contribution in [0.4, 0.5) is 5.69 Å². The first-order valence-electron chi connectivity index (χ1n) is 7.18. The Kier molecular flexibility index (Phi) is 6.03. The van der Waals surface area contributed by atoms with Crippen LogP contribution in [0.25, 0.3) is 0 Å². The van der Waals surface area contributed by atoms with Crippen molar-refractivity contribution >= 4 is 29.5 Å². The maximum absolute atomic E-state index is 10.9. The van der Waals surface area contributed by atoms with Crippen molar-refractivity contribution in [3.8, 4) is 11.5 Å². The predicted octanol–water partition coefficient (Wildman–Crippen LogP) is 3.89. The van der Waals surface area contributed by atoms with Gasteiger partial charge in [-0.25, -0.2) is 4.79 Å². The highest BCUT2D eigenvalue weighted by atomic mass is 35.5. The number of rotatable bonds is 7. The van der Waals surface area contributed by atoms with Crippen molar-refractivity contribution in [2.45, 2.75) is 6.92 Å². The van der Waals surface area contributed by atoms with Crippen LogP contribution in [-0.4, -0.2) is 31.0 Å². The number of carboxylic acids is 1. The van der Waals surface area contributed by atoms with Crippen LogP contribution in [0.5, 0.6) is 11.5 Å². The molecule has 2 rings (SSSR count).